The average molecular weight is 345 g/mol. The van der Waals surface area contributed by atoms with Gasteiger partial charge in [0.1, 0.15) is 11.6 Å². The Kier molecular flexibility index (Phi) is 3.65. The summed E-state index contributed by atoms with van der Waals surface area (Å²) in [6, 6.07) is 16.6. The van der Waals surface area contributed by atoms with Gasteiger partial charge in [-0.25, -0.2) is 4.98 Å². The zero-order chi connectivity index (χ0) is 18.5. The number of ether oxygens (including phenoxy) is 1. The number of aromatic nitrogens is 2. The van der Waals surface area contributed by atoms with Crippen LogP contribution in [0, 0.1) is 0 Å². The third kappa shape index (κ3) is 2.49. The van der Waals surface area contributed by atoms with Gasteiger partial charge < -0.3 is 10.5 Å². The standard InChI is InChI=1S/C22H23N3O/c1-22(2,3)14-9-10-24-21(11-14)25-18-8-6-5-7-15(18)16-12-17(23)20(26-4)13-19(16)25/h5-13H,23H2,1-4H3. The molecule has 0 bridgehead atoms. The van der Waals surface area contributed by atoms with Crippen LogP contribution in [0.2, 0.25) is 0 Å². The van der Waals surface area contributed by atoms with Gasteiger partial charge in [-0.2, -0.15) is 0 Å². The van der Waals surface area contributed by atoms with Gasteiger partial charge in [-0.3, -0.25) is 4.57 Å². The minimum absolute atomic E-state index is 0.0541. The first-order chi connectivity index (χ1) is 12.4. The van der Waals surface area contributed by atoms with Crippen LogP contribution in [0.4, 0.5) is 5.69 Å². The van der Waals surface area contributed by atoms with Crippen LogP contribution in [0.1, 0.15) is 26.3 Å². The topological polar surface area (TPSA) is 53.1 Å². The molecular formula is C22H23N3O. The van der Waals surface area contributed by atoms with Crippen LogP contribution in [-0.2, 0) is 5.41 Å². The Morgan fingerprint density at radius 2 is 1.73 bits per heavy atom. The van der Waals surface area contributed by atoms with E-state index in [1.165, 1.54) is 5.56 Å². The maximum atomic E-state index is 6.17. The number of nitrogen functional groups attached to an aromatic ring is 1. The lowest BCUT2D eigenvalue weighted by atomic mass is 9.88. The molecule has 4 rings (SSSR count). The lowest BCUT2D eigenvalue weighted by Gasteiger charge is -2.20. The maximum absolute atomic E-state index is 6.17. The van der Waals surface area contributed by atoms with E-state index in [1.54, 1.807) is 7.11 Å². The van der Waals surface area contributed by atoms with E-state index < -0.39 is 0 Å². The van der Waals surface area contributed by atoms with E-state index >= 15 is 0 Å². The predicted molar refractivity (Wildman–Crippen MR) is 108 cm³/mol. The molecule has 4 nitrogen and oxygen atoms in total. The summed E-state index contributed by atoms with van der Waals surface area (Å²) in [5, 5.41) is 2.25. The van der Waals surface area contributed by atoms with E-state index in [2.05, 4.69) is 54.6 Å². The number of rotatable bonds is 2. The van der Waals surface area contributed by atoms with Crippen molar-refractivity contribution < 1.29 is 4.74 Å². The highest BCUT2D eigenvalue weighted by Gasteiger charge is 2.18. The van der Waals surface area contributed by atoms with Crippen LogP contribution < -0.4 is 10.5 Å². The molecule has 0 amide bonds. The number of methoxy groups -OCH3 is 1. The summed E-state index contributed by atoms with van der Waals surface area (Å²) in [6.07, 6.45) is 1.88. The van der Waals surface area contributed by atoms with Crippen LogP contribution in [0.3, 0.4) is 0 Å². The molecule has 0 aliphatic heterocycles. The number of hydrogen-bond donors (Lipinski definition) is 1. The van der Waals surface area contributed by atoms with Crippen LogP contribution in [-0.4, -0.2) is 16.7 Å². The third-order valence-corrected chi connectivity index (χ3v) is 4.86. The highest BCUT2D eigenvalue weighted by Crippen LogP contribution is 2.37. The number of fused-ring (bicyclic) bond motifs is 3. The van der Waals surface area contributed by atoms with E-state index in [4.69, 9.17) is 10.5 Å². The molecule has 0 saturated carbocycles. The summed E-state index contributed by atoms with van der Waals surface area (Å²) < 4.78 is 7.64. The smallest absolute Gasteiger partial charge is 0.143 e. The number of pyridine rings is 1. The molecule has 0 unspecified atom stereocenters. The molecule has 2 N–H and O–H groups in total. The van der Waals surface area contributed by atoms with E-state index in [9.17, 15) is 0 Å². The Balaban J connectivity index is 2.11. The molecule has 0 aliphatic carbocycles. The molecule has 0 aliphatic rings. The SMILES string of the molecule is COc1cc2c(cc1N)c1ccccc1n2-c1cc(C(C)(C)C)ccn1. The van der Waals surface area contributed by atoms with E-state index in [1.807, 2.05) is 30.5 Å². The zero-order valence-corrected chi connectivity index (χ0v) is 15.6. The van der Waals surface area contributed by atoms with Crippen molar-refractivity contribution in [2.24, 2.45) is 0 Å². The largest absolute Gasteiger partial charge is 0.495 e. The summed E-state index contributed by atoms with van der Waals surface area (Å²) in [6.45, 7) is 6.63. The highest BCUT2D eigenvalue weighted by atomic mass is 16.5. The molecule has 26 heavy (non-hydrogen) atoms. The van der Waals surface area contributed by atoms with Gasteiger partial charge in [0.05, 0.1) is 23.8 Å². The first-order valence-corrected chi connectivity index (χ1v) is 8.74. The minimum atomic E-state index is 0.0541. The van der Waals surface area contributed by atoms with Gasteiger partial charge in [-0.05, 0) is 35.2 Å². The van der Waals surface area contributed by atoms with Gasteiger partial charge in [-0.15, -0.1) is 0 Å². The summed E-state index contributed by atoms with van der Waals surface area (Å²) in [4.78, 5) is 4.66. The molecule has 0 spiro atoms. The highest BCUT2D eigenvalue weighted by molar-refractivity contribution is 6.10. The molecule has 2 heterocycles. The Labute approximate surface area is 153 Å². The Bertz CT molecular complexity index is 1120. The quantitative estimate of drug-likeness (QED) is 0.516. The summed E-state index contributed by atoms with van der Waals surface area (Å²) in [5.74, 6) is 1.57. The predicted octanol–water partition coefficient (Wildman–Crippen LogP) is 5.07. The van der Waals surface area contributed by atoms with Crippen LogP contribution in [0.25, 0.3) is 27.6 Å². The van der Waals surface area contributed by atoms with E-state index in [0.717, 1.165) is 27.6 Å². The normalized spacial score (nSPS) is 12.0. The van der Waals surface area contributed by atoms with Gasteiger partial charge in [0.15, 0.2) is 0 Å². The molecular weight excluding hydrogens is 322 g/mol. The van der Waals surface area contributed by atoms with E-state index in [-0.39, 0.29) is 5.41 Å². The molecule has 0 radical (unpaired) electrons. The molecule has 2 aromatic heterocycles. The monoisotopic (exact) mass is 345 g/mol. The van der Waals surface area contributed by atoms with Crippen molar-refractivity contribution in [1.29, 1.82) is 0 Å². The fraction of sp³-hybridized carbons (Fsp3) is 0.227. The van der Waals surface area contributed by atoms with Crippen molar-refractivity contribution in [2.45, 2.75) is 26.2 Å². The fourth-order valence-corrected chi connectivity index (χ4v) is 3.44. The van der Waals surface area contributed by atoms with Gasteiger partial charge in [-0.1, -0.05) is 39.0 Å². The van der Waals surface area contributed by atoms with Crippen molar-refractivity contribution >= 4 is 27.5 Å². The number of nitrogens with two attached hydrogens (primary N) is 1. The molecule has 2 aromatic carbocycles. The number of benzene rings is 2. The van der Waals surface area contributed by atoms with Gasteiger partial charge in [0.25, 0.3) is 0 Å². The molecule has 4 aromatic rings. The Morgan fingerprint density at radius 1 is 0.962 bits per heavy atom. The molecule has 4 heteroatoms. The molecule has 132 valence electrons. The van der Waals surface area contributed by atoms with Gasteiger partial charge in [0.2, 0.25) is 0 Å². The number of anilines is 1. The van der Waals surface area contributed by atoms with Crippen LogP contribution >= 0.6 is 0 Å². The van der Waals surface area contributed by atoms with Crippen molar-refractivity contribution in [3.05, 3.63) is 60.3 Å². The lowest BCUT2D eigenvalue weighted by molar-refractivity contribution is 0.417. The fourth-order valence-electron chi connectivity index (χ4n) is 3.44. The van der Waals surface area contributed by atoms with Crippen molar-refractivity contribution in [1.82, 2.24) is 9.55 Å². The lowest BCUT2D eigenvalue weighted by Crippen LogP contribution is -2.12. The third-order valence-electron chi connectivity index (χ3n) is 4.86. The second kappa shape index (κ2) is 5.77. The van der Waals surface area contributed by atoms with Crippen LogP contribution in [0.5, 0.6) is 5.75 Å². The Morgan fingerprint density at radius 3 is 2.46 bits per heavy atom. The Hall–Kier alpha value is -3.01. The molecule has 0 saturated heterocycles. The zero-order valence-electron chi connectivity index (χ0n) is 15.6. The first kappa shape index (κ1) is 16.5. The maximum Gasteiger partial charge on any atom is 0.143 e. The van der Waals surface area contributed by atoms with Gasteiger partial charge in [0, 0.05) is 23.0 Å². The molecule has 0 atom stereocenters. The number of hydrogen-bond acceptors (Lipinski definition) is 3. The van der Waals surface area contributed by atoms with Crippen molar-refractivity contribution in [3.63, 3.8) is 0 Å². The van der Waals surface area contributed by atoms with Crippen molar-refractivity contribution in [3.8, 4) is 11.6 Å². The summed E-state index contributed by atoms with van der Waals surface area (Å²) in [7, 11) is 1.64. The first-order valence-electron chi connectivity index (χ1n) is 8.74. The van der Waals surface area contributed by atoms with Crippen molar-refractivity contribution in [2.75, 3.05) is 12.8 Å². The summed E-state index contributed by atoms with van der Waals surface area (Å²) >= 11 is 0. The summed E-state index contributed by atoms with van der Waals surface area (Å²) in [5.41, 5.74) is 10.2. The number of para-hydroxylation sites is 1. The molecule has 0 fully saturated rings. The average Bonchev–Trinajstić information content (AvgIpc) is 2.94. The second-order valence-electron chi connectivity index (χ2n) is 7.62. The second-order valence-corrected chi connectivity index (χ2v) is 7.62. The van der Waals surface area contributed by atoms with E-state index in [0.29, 0.717) is 11.4 Å². The van der Waals surface area contributed by atoms with Gasteiger partial charge >= 0.3 is 0 Å². The van der Waals surface area contributed by atoms with Crippen LogP contribution in [0.15, 0.2) is 54.7 Å². The minimum Gasteiger partial charge on any atom is -0.495 e. The number of nitrogens with zero attached hydrogens (tertiary/aromatic N) is 2.